The Morgan fingerprint density at radius 1 is 1.12 bits per heavy atom. The second-order valence-corrected chi connectivity index (χ2v) is 7.60. The molecule has 1 saturated carbocycles. The number of hydrogen-bond donors (Lipinski definition) is 1. The molecule has 5 heteroatoms. The van der Waals surface area contributed by atoms with Crippen molar-refractivity contribution < 1.29 is 4.52 Å². The molecular formula is C21H26N4O. The standard InChI is InChI=1S/C21H26N4O/c1-6-16(15-7-8-15)24-21-20-19(22-14(5)23-21)18(25-26-20)17-12(3)9-11(2)10-13(17)4/h9-10,15-16H,6-8H2,1-5H3,(H,22,23,24). The Labute approximate surface area is 154 Å². The number of hydrogen-bond acceptors (Lipinski definition) is 5. The van der Waals surface area contributed by atoms with Gasteiger partial charge in [-0.05, 0) is 64.0 Å². The molecule has 0 radical (unpaired) electrons. The lowest BCUT2D eigenvalue weighted by Gasteiger charge is -2.16. The van der Waals surface area contributed by atoms with E-state index < -0.39 is 0 Å². The van der Waals surface area contributed by atoms with Crippen molar-refractivity contribution in [1.29, 1.82) is 0 Å². The molecule has 26 heavy (non-hydrogen) atoms. The van der Waals surface area contributed by atoms with Crippen LogP contribution in [0.25, 0.3) is 22.4 Å². The van der Waals surface area contributed by atoms with Crippen LogP contribution >= 0.6 is 0 Å². The van der Waals surface area contributed by atoms with Crippen molar-refractivity contribution in [2.75, 3.05) is 5.32 Å². The molecule has 1 aliphatic carbocycles. The molecule has 0 amide bonds. The molecule has 2 aromatic heterocycles. The highest BCUT2D eigenvalue weighted by Gasteiger charge is 2.31. The maximum absolute atomic E-state index is 5.74. The van der Waals surface area contributed by atoms with Crippen molar-refractivity contribution in [2.45, 2.75) is 59.9 Å². The van der Waals surface area contributed by atoms with E-state index in [4.69, 9.17) is 4.52 Å². The van der Waals surface area contributed by atoms with E-state index in [0.717, 1.165) is 40.8 Å². The van der Waals surface area contributed by atoms with Crippen LogP contribution in [-0.4, -0.2) is 21.2 Å². The molecule has 0 spiro atoms. The summed E-state index contributed by atoms with van der Waals surface area (Å²) >= 11 is 0. The van der Waals surface area contributed by atoms with Crippen LogP contribution in [-0.2, 0) is 0 Å². The van der Waals surface area contributed by atoms with E-state index in [0.29, 0.717) is 11.6 Å². The predicted octanol–water partition coefficient (Wildman–Crippen LogP) is 5.12. The van der Waals surface area contributed by atoms with Gasteiger partial charge in [0.1, 0.15) is 17.0 Å². The summed E-state index contributed by atoms with van der Waals surface area (Å²) < 4.78 is 5.74. The number of nitrogens with zero attached hydrogens (tertiary/aromatic N) is 3. The van der Waals surface area contributed by atoms with Crippen molar-refractivity contribution in [3.05, 3.63) is 34.6 Å². The number of fused-ring (bicyclic) bond motifs is 1. The molecule has 1 fully saturated rings. The summed E-state index contributed by atoms with van der Waals surface area (Å²) in [7, 11) is 0. The molecule has 136 valence electrons. The van der Waals surface area contributed by atoms with Crippen LogP contribution in [0.5, 0.6) is 0 Å². The molecule has 4 rings (SSSR count). The average Bonchev–Trinajstić information content (AvgIpc) is 3.33. The second kappa shape index (κ2) is 6.38. The molecule has 3 aromatic rings. The smallest absolute Gasteiger partial charge is 0.228 e. The largest absolute Gasteiger partial charge is 0.364 e. The summed E-state index contributed by atoms with van der Waals surface area (Å²) in [6.45, 7) is 10.5. The van der Waals surface area contributed by atoms with Gasteiger partial charge in [0.15, 0.2) is 5.82 Å². The van der Waals surface area contributed by atoms with Gasteiger partial charge in [-0.25, -0.2) is 9.97 Å². The van der Waals surface area contributed by atoms with E-state index in [2.05, 4.69) is 60.3 Å². The molecule has 1 N–H and O–H groups in total. The van der Waals surface area contributed by atoms with Crippen molar-refractivity contribution >= 4 is 16.9 Å². The van der Waals surface area contributed by atoms with Gasteiger partial charge in [0.25, 0.3) is 0 Å². The summed E-state index contributed by atoms with van der Waals surface area (Å²) in [4.78, 5) is 9.27. The van der Waals surface area contributed by atoms with Crippen LogP contribution < -0.4 is 5.32 Å². The highest BCUT2D eigenvalue weighted by atomic mass is 16.5. The zero-order valence-electron chi connectivity index (χ0n) is 16.2. The Kier molecular flexibility index (Phi) is 4.17. The first-order valence-corrected chi connectivity index (χ1v) is 9.46. The first-order valence-electron chi connectivity index (χ1n) is 9.46. The van der Waals surface area contributed by atoms with E-state index in [1.165, 1.54) is 29.5 Å². The number of anilines is 1. The van der Waals surface area contributed by atoms with E-state index in [-0.39, 0.29) is 0 Å². The van der Waals surface area contributed by atoms with E-state index in [1.54, 1.807) is 0 Å². The third-order valence-corrected chi connectivity index (χ3v) is 5.30. The zero-order valence-corrected chi connectivity index (χ0v) is 16.2. The lowest BCUT2D eigenvalue weighted by molar-refractivity contribution is 0.458. The van der Waals surface area contributed by atoms with Crippen LogP contribution in [0.3, 0.4) is 0 Å². The van der Waals surface area contributed by atoms with E-state index >= 15 is 0 Å². The lowest BCUT2D eigenvalue weighted by atomic mass is 9.97. The Morgan fingerprint density at radius 3 is 2.42 bits per heavy atom. The minimum absolute atomic E-state index is 0.434. The van der Waals surface area contributed by atoms with Crippen LogP contribution in [0.1, 0.15) is 48.7 Å². The first-order chi connectivity index (χ1) is 12.5. The molecule has 1 aliphatic rings. The molecular weight excluding hydrogens is 324 g/mol. The Balaban J connectivity index is 1.84. The maximum Gasteiger partial charge on any atom is 0.228 e. The minimum Gasteiger partial charge on any atom is -0.364 e. The molecule has 2 heterocycles. The normalized spacial score (nSPS) is 15.4. The van der Waals surface area contributed by atoms with Crippen LogP contribution in [0, 0.1) is 33.6 Å². The van der Waals surface area contributed by atoms with Gasteiger partial charge in [-0.2, -0.15) is 0 Å². The van der Waals surface area contributed by atoms with Gasteiger partial charge in [-0.1, -0.05) is 29.8 Å². The monoisotopic (exact) mass is 350 g/mol. The summed E-state index contributed by atoms with van der Waals surface area (Å²) in [6, 6.07) is 4.79. The SMILES string of the molecule is CCC(Nc1nc(C)nc2c(-c3c(C)cc(C)cc3C)noc12)C1CC1. The maximum atomic E-state index is 5.74. The first kappa shape index (κ1) is 17.0. The van der Waals surface area contributed by atoms with Gasteiger partial charge < -0.3 is 9.84 Å². The average molecular weight is 350 g/mol. The molecule has 0 bridgehead atoms. The highest BCUT2D eigenvalue weighted by Crippen LogP contribution is 2.38. The van der Waals surface area contributed by atoms with Crippen LogP contribution in [0.2, 0.25) is 0 Å². The van der Waals surface area contributed by atoms with E-state index in [9.17, 15) is 0 Å². The topological polar surface area (TPSA) is 63.8 Å². The summed E-state index contributed by atoms with van der Waals surface area (Å²) in [5.74, 6) is 2.25. The van der Waals surface area contributed by atoms with Crippen molar-refractivity contribution in [3.63, 3.8) is 0 Å². The predicted molar refractivity (Wildman–Crippen MR) is 104 cm³/mol. The van der Waals surface area contributed by atoms with Gasteiger partial charge in [0, 0.05) is 11.6 Å². The second-order valence-electron chi connectivity index (χ2n) is 7.60. The van der Waals surface area contributed by atoms with Crippen molar-refractivity contribution in [1.82, 2.24) is 15.1 Å². The Bertz CT molecular complexity index is 949. The molecule has 5 nitrogen and oxygen atoms in total. The highest BCUT2D eigenvalue weighted by molar-refractivity contribution is 5.95. The molecule has 1 aromatic carbocycles. The Morgan fingerprint density at radius 2 is 1.81 bits per heavy atom. The third kappa shape index (κ3) is 2.96. The number of nitrogens with one attached hydrogen (secondary N) is 1. The quantitative estimate of drug-likeness (QED) is 0.692. The number of aromatic nitrogens is 3. The third-order valence-electron chi connectivity index (χ3n) is 5.30. The summed E-state index contributed by atoms with van der Waals surface area (Å²) in [6.07, 6.45) is 3.66. The molecule has 0 aliphatic heterocycles. The van der Waals surface area contributed by atoms with Gasteiger partial charge in [-0.3, -0.25) is 0 Å². The molecule has 1 atom stereocenters. The number of rotatable bonds is 5. The van der Waals surface area contributed by atoms with Gasteiger partial charge in [-0.15, -0.1) is 0 Å². The van der Waals surface area contributed by atoms with Crippen molar-refractivity contribution in [2.24, 2.45) is 5.92 Å². The van der Waals surface area contributed by atoms with E-state index in [1.807, 2.05) is 6.92 Å². The Hall–Kier alpha value is -2.43. The lowest BCUT2D eigenvalue weighted by Crippen LogP contribution is -2.21. The van der Waals surface area contributed by atoms with Gasteiger partial charge >= 0.3 is 0 Å². The van der Waals surface area contributed by atoms with Crippen LogP contribution in [0.4, 0.5) is 5.82 Å². The number of benzene rings is 1. The molecule has 0 saturated heterocycles. The fourth-order valence-corrected chi connectivity index (χ4v) is 3.99. The fourth-order valence-electron chi connectivity index (χ4n) is 3.99. The fraction of sp³-hybridized carbons (Fsp3) is 0.476. The summed E-state index contributed by atoms with van der Waals surface area (Å²) in [5, 5.41) is 7.99. The number of aryl methyl sites for hydroxylation is 4. The van der Waals surface area contributed by atoms with Crippen LogP contribution in [0.15, 0.2) is 16.7 Å². The minimum atomic E-state index is 0.434. The van der Waals surface area contributed by atoms with Crippen molar-refractivity contribution in [3.8, 4) is 11.3 Å². The van der Waals surface area contributed by atoms with Gasteiger partial charge in [0.2, 0.25) is 5.58 Å². The summed E-state index contributed by atoms with van der Waals surface area (Å²) in [5.41, 5.74) is 6.99. The van der Waals surface area contributed by atoms with Gasteiger partial charge in [0.05, 0.1) is 0 Å². The molecule has 1 unspecified atom stereocenters. The zero-order chi connectivity index (χ0) is 18.4.